The maximum atomic E-state index is 10.9. The summed E-state index contributed by atoms with van der Waals surface area (Å²) in [7, 11) is 0. The van der Waals surface area contributed by atoms with Gasteiger partial charge in [0.05, 0.1) is 6.10 Å². The summed E-state index contributed by atoms with van der Waals surface area (Å²) in [5.41, 5.74) is 0. The van der Waals surface area contributed by atoms with E-state index in [4.69, 9.17) is 5.11 Å². The summed E-state index contributed by atoms with van der Waals surface area (Å²) in [5, 5.41) is 11.1. The van der Waals surface area contributed by atoms with Crippen LogP contribution >= 0.6 is 0 Å². The van der Waals surface area contributed by atoms with E-state index in [1.165, 1.54) is 6.92 Å². The SMILES string of the molecule is CCCC(=O)OCOC(=O)NC[C@@H](C)O. The lowest BCUT2D eigenvalue weighted by Gasteiger charge is -2.08. The molecule has 1 atom stereocenters. The fraction of sp³-hybridized carbons (Fsp3) is 0.778. The molecule has 0 aromatic rings. The van der Waals surface area contributed by atoms with Gasteiger partial charge < -0.3 is 19.9 Å². The Morgan fingerprint density at radius 2 is 2.07 bits per heavy atom. The average Bonchev–Trinajstić information content (AvgIpc) is 2.15. The molecule has 6 nitrogen and oxygen atoms in total. The quantitative estimate of drug-likeness (QED) is 0.498. The van der Waals surface area contributed by atoms with Gasteiger partial charge in [0.1, 0.15) is 0 Å². The van der Waals surface area contributed by atoms with Crippen LogP contribution in [-0.4, -0.2) is 36.6 Å². The summed E-state index contributed by atoms with van der Waals surface area (Å²) < 4.78 is 9.08. The molecule has 0 bridgehead atoms. The molecule has 0 aliphatic heterocycles. The van der Waals surface area contributed by atoms with Gasteiger partial charge in [-0.2, -0.15) is 0 Å². The molecule has 15 heavy (non-hydrogen) atoms. The van der Waals surface area contributed by atoms with Gasteiger partial charge in [0, 0.05) is 13.0 Å². The van der Waals surface area contributed by atoms with Crippen LogP contribution in [0.4, 0.5) is 4.79 Å². The van der Waals surface area contributed by atoms with E-state index >= 15 is 0 Å². The molecule has 0 saturated heterocycles. The predicted octanol–water partition coefficient (Wildman–Crippen LogP) is 0.394. The van der Waals surface area contributed by atoms with Crippen LogP contribution in [-0.2, 0) is 14.3 Å². The number of alkyl carbamates (subject to hydrolysis) is 1. The van der Waals surface area contributed by atoms with Crippen molar-refractivity contribution >= 4 is 12.1 Å². The lowest BCUT2D eigenvalue weighted by molar-refractivity contribution is -0.151. The van der Waals surface area contributed by atoms with Crippen molar-refractivity contribution in [2.75, 3.05) is 13.3 Å². The lowest BCUT2D eigenvalue weighted by atomic mass is 10.3. The predicted molar refractivity (Wildman–Crippen MR) is 52.0 cm³/mol. The molecule has 0 aromatic heterocycles. The second-order valence-electron chi connectivity index (χ2n) is 3.05. The molecule has 0 fully saturated rings. The van der Waals surface area contributed by atoms with Gasteiger partial charge in [-0.15, -0.1) is 0 Å². The molecule has 0 saturated carbocycles. The fourth-order valence-electron chi connectivity index (χ4n) is 0.707. The molecular weight excluding hydrogens is 202 g/mol. The smallest absolute Gasteiger partial charge is 0.410 e. The Balaban J connectivity index is 3.42. The molecule has 2 N–H and O–H groups in total. The lowest BCUT2D eigenvalue weighted by Crippen LogP contribution is -2.31. The molecule has 0 unspecified atom stereocenters. The summed E-state index contributed by atoms with van der Waals surface area (Å²) in [6.45, 7) is 3.07. The summed E-state index contributed by atoms with van der Waals surface area (Å²) in [5.74, 6) is -0.402. The fourth-order valence-corrected chi connectivity index (χ4v) is 0.707. The Morgan fingerprint density at radius 1 is 1.40 bits per heavy atom. The van der Waals surface area contributed by atoms with E-state index in [2.05, 4.69) is 14.8 Å². The number of esters is 1. The number of hydrogen-bond acceptors (Lipinski definition) is 5. The third-order valence-electron chi connectivity index (χ3n) is 1.41. The van der Waals surface area contributed by atoms with Crippen LogP contribution in [0.2, 0.25) is 0 Å². The van der Waals surface area contributed by atoms with Gasteiger partial charge in [0.2, 0.25) is 6.79 Å². The minimum atomic E-state index is -0.722. The zero-order valence-electron chi connectivity index (χ0n) is 8.99. The number of hydrogen-bond donors (Lipinski definition) is 2. The van der Waals surface area contributed by atoms with Gasteiger partial charge in [-0.1, -0.05) is 6.92 Å². The Labute approximate surface area is 88.6 Å². The minimum absolute atomic E-state index is 0.0989. The van der Waals surface area contributed by atoms with Gasteiger partial charge in [0.15, 0.2) is 0 Å². The van der Waals surface area contributed by atoms with E-state index in [1.807, 2.05) is 6.92 Å². The van der Waals surface area contributed by atoms with Crippen molar-refractivity contribution in [3.63, 3.8) is 0 Å². The van der Waals surface area contributed by atoms with E-state index in [1.54, 1.807) is 0 Å². The third kappa shape index (κ3) is 9.01. The monoisotopic (exact) mass is 219 g/mol. The van der Waals surface area contributed by atoms with Gasteiger partial charge in [-0.05, 0) is 13.3 Å². The highest BCUT2D eigenvalue weighted by Crippen LogP contribution is 1.91. The summed E-state index contributed by atoms with van der Waals surface area (Å²) in [4.78, 5) is 21.7. The zero-order valence-corrected chi connectivity index (χ0v) is 8.99. The van der Waals surface area contributed by atoms with Crippen molar-refractivity contribution in [3.8, 4) is 0 Å². The second-order valence-corrected chi connectivity index (χ2v) is 3.05. The zero-order chi connectivity index (χ0) is 11.7. The Bertz CT molecular complexity index is 205. The van der Waals surface area contributed by atoms with Crippen LogP contribution in [0.3, 0.4) is 0 Å². The Hall–Kier alpha value is -1.30. The number of aliphatic hydroxyl groups excluding tert-OH is 1. The Kier molecular flexibility index (Phi) is 7.35. The van der Waals surface area contributed by atoms with Crippen LogP contribution < -0.4 is 5.32 Å². The molecule has 6 heteroatoms. The van der Waals surface area contributed by atoms with Gasteiger partial charge in [-0.3, -0.25) is 4.79 Å². The number of ether oxygens (including phenoxy) is 2. The topological polar surface area (TPSA) is 84.9 Å². The van der Waals surface area contributed by atoms with Crippen LogP contribution in [0, 0.1) is 0 Å². The number of amides is 1. The second kappa shape index (κ2) is 8.05. The van der Waals surface area contributed by atoms with E-state index in [0.717, 1.165) is 0 Å². The van der Waals surface area contributed by atoms with E-state index in [9.17, 15) is 9.59 Å². The molecule has 0 radical (unpaired) electrons. The first-order valence-corrected chi connectivity index (χ1v) is 4.80. The number of aliphatic hydroxyl groups is 1. The van der Waals surface area contributed by atoms with Crippen molar-refractivity contribution in [1.29, 1.82) is 0 Å². The summed E-state index contributed by atoms with van der Waals surface area (Å²) >= 11 is 0. The first-order valence-electron chi connectivity index (χ1n) is 4.80. The van der Waals surface area contributed by atoms with Crippen molar-refractivity contribution in [2.45, 2.75) is 32.8 Å². The highest BCUT2D eigenvalue weighted by Gasteiger charge is 2.05. The number of carbonyl (C=O) groups is 2. The number of carbonyl (C=O) groups excluding carboxylic acids is 2. The number of rotatable bonds is 6. The van der Waals surface area contributed by atoms with E-state index in [0.29, 0.717) is 12.8 Å². The van der Waals surface area contributed by atoms with Crippen molar-refractivity contribution in [3.05, 3.63) is 0 Å². The van der Waals surface area contributed by atoms with Crippen molar-refractivity contribution < 1.29 is 24.2 Å². The molecule has 0 aromatic carbocycles. The molecule has 0 heterocycles. The number of nitrogens with one attached hydrogen (secondary N) is 1. The normalized spacial score (nSPS) is 11.7. The first kappa shape index (κ1) is 13.7. The highest BCUT2D eigenvalue weighted by molar-refractivity contribution is 5.70. The maximum Gasteiger partial charge on any atom is 0.410 e. The standard InChI is InChI=1S/C9H17NO5/c1-3-4-8(12)14-6-15-9(13)10-5-7(2)11/h7,11H,3-6H2,1-2H3,(H,10,13)/t7-/m1/s1. The largest absolute Gasteiger partial charge is 0.428 e. The molecule has 0 aliphatic rings. The van der Waals surface area contributed by atoms with E-state index in [-0.39, 0.29) is 6.54 Å². The third-order valence-corrected chi connectivity index (χ3v) is 1.41. The molecule has 0 rings (SSSR count). The van der Waals surface area contributed by atoms with Crippen LogP contribution in [0.25, 0.3) is 0 Å². The molecule has 1 amide bonds. The maximum absolute atomic E-state index is 10.9. The summed E-state index contributed by atoms with van der Waals surface area (Å²) in [6, 6.07) is 0. The van der Waals surface area contributed by atoms with Crippen molar-refractivity contribution in [2.24, 2.45) is 0 Å². The minimum Gasteiger partial charge on any atom is -0.428 e. The van der Waals surface area contributed by atoms with Crippen LogP contribution in [0.5, 0.6) is 0 Å². The van der Waals surface area contributed by atoms with Gasteiger partial charge in [-0.25, -0.2) is 4.79 Å². The Morgan fingerprint density at radius 3 is 2.60 bits per heavy atom. The molecule has 0 spiro atoms. The van der Waals surface area contributed by atoms with Crippen LogP contribution in [0.1, 0.15) is 26.7 Å². The summed E-state index contributed by atoms with van der Waals surface area (Å²) in [6.07, 6.45) is -0.369. The van der Waals surface area contributed by atoms with Crippen molar-refractivity contribution in [1.82, 2.24) is 5.32 Å². The van der Waals surface area contributed by atoms with Crippen LogP contribution in [0.15, 0.2) is 0 Å². The van der Waals surface area contributed by atoms with E-state index < -0.39 is 25.0 Å². The molecule has 88 valence electrons. The first-order chi connectivity index (χ1) is 7.06. The molecular formula is C9H17NO5. The average molecular weight is 219 g/mol. The highest BCUT2D eigenvalue weighted by atomic mass is 16.7. The molecule has 0 aliphatic carbocycles. The van der Waals surface area contributed by atoms with Gasteiger partial charge in [0.25, 0.3) is 0 Å². The van der Waals surface area contributed by atoms with Gasteiger partial charge >= 0.3 is 12.1 Å².